The third-order valence-electron chi connectivity index (χ3n) is 3.99. The van der Waals surface area contributed by atoms with E-state index in [0.29, 0.717) is 18.7 Å². The van der Waals surface area contributed by atoms with Gasteiger partial charge in [0.05, 0.1) is 11.5 Å². The summed E-state index contributed by atoms with van der Waals surface area (Å²) in [4.78, 5) is 12.1. The van der Waals surface area contributed by atoms with Crippen molar-refractivity contribution in [2.24, 2.45) is 0 Å². The minimum absolute atomic E-state index is 0.0356. The molecule has 8 heteroatoms. The summed E-state index contributed by atoms with van der Waals surface area (Å²) < 4.78 is 5.41. The molecule has 0 unspecified atom stereocenters. The normalized spacial score (nSPS) is 32.0. The van der Waals surface area contributed by atoms with E-state index in [-0.39, 0.29) is 12.3 Å². The smallest absolute Gasteiger partial charge is 0.271 e. The summed E-state index contributed by atoms with van der Waals surface area (Å²) in [7, 11) is 0. The zero-order valence-electron chi connectivity index (χ0n) is 11.1. The number of ether oxygens (including phenoxy) is 1. The Kier molecular flexibility index (Phi) is 3.54. The van der Waals surface area contributed by atoms with Gasteiger partial charge in [0.2, 0.25) is 0 Å². The molecule has 1 saturated heterocycles. The molecule has 114 valence electrons. The number of nitrogens with zero attached hydrogens (tertiary/aromatic N) is 2. The van der Waals surface area contributed by atoms with Crippen LogP contribution >= 0.6 is 0 Å². The van der Waals surface area contributed by atoms with Crippen LogP contribution in [0.3, 0.4) is 0 Å². The summed E-state index contributed by atoms with van der Waals surface area (Å²) in [5, 5.41) is 40.2. The molecule has 0 radical (unpaired) electrons. The molecule has 1 aromatic rings. The van der Waals surface area contributed by atoms with E-state index in [2.05, 4.69) is 0 Å². The largest absolute Gasteiger partial charge is 0.388 e. The number of anilines is 1. The highest BCUT2D eigenvalue weighted by Gasteiger charge is 2.42. The molecule has 2 aliphatic heterocycles. The van der Waals surface area contributed by atoms with E-state index < -0.39 is 29.5 Å². The summed E-state index contributed by atoms with van der Waals surface area (Å²) in [6, 6.07) is 4.57. The first kappa shape index (κ1) is 14.2. The lowest BCUT2D eigenvalue weighted by Gasteiger charge is -2.40. The van der Waals surface area contributed by atoms with Crippen molar-refractivity contribution in [3.8, 4) is 0 Å². The summed E-state index contributed by atoms with van der Waals surface area (Å²) >= 11 is 0. The predicted octanol–water partition coefficient (Wildman–Crippen LogP) is -0.604. The Bertz CT molecular complexity index is 566. The third-order valence-corrected chi connectivity index (χ3v) is 3.99. The Morgan fingerprint density at radius 2 is 2.05 bits per heavy atom. The third kappa shape index (κ3) is 2.36. The van der Waals surface area contributed by atoms with Crippen LogP contribution in [0.25, 0.3) is 0 Å². The van der Waals surface area contributed by atoms with E-state index in [1.807, 2.05) is 0 Å². The topological polar surface area (TPSA) is 116 Å². The van der Waals surface area contributed by atoms with E-state index in [1.165, 1.54) is 12.1 Å². The molecule has 2 aliphatic rings. The summed E-state index contributed by atoms with van der Waals surface area (Å²) in [5.41, 5.74) is 1.51. The maximum atomic E-state index is 10.9. The van der Waals surface area contributed by atoms with Crippen LogP contribution in [0.2, 0.25) is 0 Å². The Morgan fingerprint density at radius 3 is 2.76 bits per heavy atom. The van der Waals surface area contributed by atoms with Gasteiger partial charge in [-0.1, -0.05) is 6.07 Å². The van der Waals surface area contributed by atoms with E-state index in [9.17, 15) is 25.4 Å². The average molecular weight is 296 g/mol. The fourth-order valence-electron chi connectivity index (χ4n) is 2.84. The molecule has 0 saturated carbocycles. The first-order valence-corrected chi connectivity index (χ1v) is 6.69. The summed E-state index contributed by atoms with van der Waals surface area (Å²) in [6.07, 6.45) is -3.86. The van der Waals surface area contributed by atoms with Gasteiger partial charge in [0, 0.05) is 24.4 Å². The Labute approximate surface area is 120 Å². The van der Waals surface area contributed by atoms with Crippen molar-refractivity contribution >= 4 is 11.4 Å². The average Bonchev–Trinajstić information content (AvgIpc) is 2.88. The lowest BCUT2D eigenvalue weighted by molar-refractivity contribution is -0.384. The second-order valence-corrected chi connectivity index (χ2v) is 5.29. The molecular formula is C13H16N2O6. The van der Waals surface area contributed by atoms with Gasteiger partial charge >= 0.3 is 0 Å². The van der Waals surface area contributed by atoms with Crippen molar-refractivity contribution in [3.63, 3.8) is 0 Å². The van der Waals surface area contributed by atoms with Crippen LogP contribution in [0.4, 0.5) is 11.4 Å². The number of benzene rings is 1. The summed E-state index contributed by atoms with van der Waals surface area (Å²) in [6.45, 7) is 0.435. The van der Waals surface area contributed by atoms with E-state index in [0.717, 1.165) is 5.56 Å². The number of hydrogen-bond donors (Lipinski definition) is 3. The van der Waals surface area contributed by atoms with Crippen LogP contribution in [0.5, 0.6) is 0 Å². The molecule has 2 heterocycles. The predicted molar refractivity (Wildman–Crippen MR) is 71.9 cm³/mol. The fraction of sp³-hybridized carbons (Fsp3) is 0.538. The van der Waals surface area contributed by atoms with Gasteiger partial charge in [0.25, 0.3) is 5.69 Å². The highest BCUT2D eigenvalue weighted by atomic mass is 16.6. The van der Waals surface area contributed by atoms with Crippen LogP contribution in [0.1, 0.15) is 5.56 Å². The Hall–Kier alpha value is -1.74. The number of fused-ring (bicyclic) bond motifs is 1. The molecule has 1 fully saturated rings. The number of non-ortho nitro benzene ring substituents is 1. The SMILES string of the molecule is O=[N+]([O-])c1ccc2c(c1)N([C@@H]1OC[C@H](O)[C@H](O)[C@H]1O)CC2. The van der Waals surface area contributed by atoms with E-state index in [1.54, 1.807) is 11.0 Å². The van der Waals surface area contributed by atoms with Crippen molar-refractivity contribution in [1.29, 1.82) is 0 Å². The van der Waals surface area contributed by atoms with Gasteiger partial charge in [0.1, 0.15) is 18.3 Å². The molecule has 1 aromatic carbocycles. The molecule has 8 nitrogen and oxygen atoms in total. The Morgan fingerprint density at radius 1 is 1.29 bits per heavy atom. The maximum absolute atomic E-state index is 10.9. The first-order valence-electron chi connectivity index (χ1n) is 6.69. The van der Waals surface area contributed by atoms with Crippen molar-refractivity contribution in [1.82, 2.24) is 0 Å². The monoisotopic (exact) mass is 296 g/mol. The Balaban J connectivity index is 1.90. The fourth-order valence-corrected chi connectivity index (χ4v) is 2.84. The number of rotatable bonds is 2. The van der Waals surface area contributed by atoms with Crippen LogP contribution in [0.15, 0.2) is 18.2 Å². The van der Waals surface area contributed by atoms with Crippen molar-refractivity contribution < 1.29 is 25.0 Å². The van der Waals surface area contributed by atoms with E-state index in [4.69, 9.17) is 4.74 Å². The number of aliphatic hydroxyl groups is 3. The molecule has 0 spiro atoms. The van der Waals surface area contributed by atoms with Crippen LogP contribution in [0, 0.1) is 10.1 Å². The molecule has 4 atom stereocenters. The van der Waals surface area contributed by atoms with Gasteiger partial charge in [0.15, 0.2) is 6.23 Å². The van der Waals surface area contributed by atoms with Crippen LogP contribution in [-0.4, -0.2) is 57.9 Å². The highest BCUT2D eigenvalue weighted by Crippen LogP contribution is 2.35. The first-order chi connectivity index (χ1) is 9.99. The van der Waals surface area contributed by atoms with E-state index >= 15 is 0 Å². The van der Waals surface area contributed by atoms with Crippen molar-refractivity contribution in [2.75, 3.05) is 18.1 Å². The van der Waals surface area contributed by atoms with Gasteiger partial charge in [-0.25, -0.2) is 0 Å². The van der Waals surface area contributed by atoms with Crippen molar-refractivity contribution in [2.45, 2.75) is 31.0 Å². The molecule has 0 amide bonds. The summed E-state index contributed by atoms with van der Waals surface area (Å²) in [5.74, 6) is 0. The van der Waals surface area contributed by atoms with Gasteiger partial charge in [-0.05, 0) is 12.0 Å². The second kappa shape index (κ2) is 5.23. The number of nitro benzene ring substituents is 1. The van der Waals surface area contributed by atoms with Gasteiger partial charge in [-0.3, -0.25) is 10.1 Å². The molecular weight excluding hydrogens is 280 g/mol. The number of hydrogen-bond acceptors (Lipinski definition) is 7. The maximum Gasteiger partial charge on any atom is 0.271 e. The van der Waals surface area contributed by atoms with Gasteiger partial charge in [-0.2, -0.15) is 0 Å². The van der Waals surface area contributed by atoms with Crippen LogP contribution in [-0.2, 0) is 11.2 Å². The lowest BCUT2D eigenvalue weighted by Crippen LogP contribution is -2.58. The molecule has 0 aliphatic carbocycles. The van der Waals surface area contributed by atoms with Gasteiger partial charge in [-0.15, -0.1) is 0 Å². The number of nitro groups is 1. The highest BCUT2D eigenvalue weighted by molar-refractivity contribution is 5.63. The standard InChI is InChI=1S/C13H16N2O6/c16-10-6-21-13(12(18)11(10)17)14-4-3-7-1-2-8(15(19)20)5-9(7)14/h1-2,5,10-13,16-18H,3-4,6H2/t10-,11-,12+,13+/m0/s1. The van der Waals surface area contributed by atoms with Crippen LogP contribution < -0.4 is 4.90 Å². The molecule has 21 heavy (non-hydrogen) atoms. The minimum Gasteiger partial charge on any atom is -0.388 e. The minimum atomic E-state index is -1.30. The second-order valence-electron chi connectivity index (χ2n) is 5.29. The number of aliphatic hydroxyl groups excluding tert-OH is 3. The van der Waals surface area contributed by atoms with Gasteiger partial charge < -0.3 is 25.0 Å². The molecule has 0 bridgehead atoms. The molecule has 3 rings (SSSR count). The quantitative estimate of drug-likeness (QED) is 0.492. The molecule has 3 N–H and O–H groups in total. The van der Waals surface area contributed by atoms with Crippen molar-refractivity contribution in [3.05, 3.63) is 33.9 Å². The zero-order chi connectivity index (χ0) is 15.1. The lowest BCUT2D eigenvalue weighted by atomic mass is 10.0. The molecule has 0 aromatic heterocycles. The zero-order valence-corrected chi connectivity index (χ0v) is 11.1.